The average molecular weight is 273 g/mol. The highest BCUT2D eigenvalue weighted by molar-refractivity contribution is 6.35. The van der Waals surface area contributed by atoms with Crippen LogP contribution in [0.15, 0.2) is 30.4 Å². The van der Waals surface area contributed by atoms with E-state index in [1.165, 1.54) is 0 Å². The molecule has 0 aliphatic carbocycles. The zero-order valence-electron chi connectivity index (χ0n) is 9.63. The molecule has 0 heterocycles. The number of carbonyl (C=O) groups is 1. The van der Waals surface area contributed by atoms with Crippen molar-refractivity contribution in [2.45, 2.75) is 13.3 Å². The third-order valence-corrected chi connectivity index (χ3v) is 2.70. The van der Waals surface area contributed by atoms with Crippen LogP contribution in [0.25, 0.3) is 0 Å². The van der Waals surface area contributed by atoms with Crippen LogP contribution in [0.4, 0.5) is 0 Å². The number of halogens is 2. The zero-order chi connectivity index (χ0) is 12.8. The van der Waals surface area contributed by atoms with Gasteiger partial charge in [-0.1, -0.05) is 28.8 Å². The SMILES string of the molecule is C=C(C)CCOCC(=O)c1cc(Cl)ccc1Cl. The van der Waals surface area contributed by atoms with Crippen molar-refractivity contribution in [2.24, 2.45) is 0 Å². The van der Waals surface area contributed by atoms with Crippen molar-refractivity contribution < 1.29 is 9.53 Å². The Labute approximate surface area is 111 Å². The molecule has 0 bridgehead atoms. The van der Waals surface area contributed by atoms with Crippen LogP contribution in [-0.4, -0.2) is 19.0 Å². The van der Waals surface area contributed by atoms with E-state index in [-0.39, 0.29) is 12.4 Å². The highest BCUT2D eigenvalue weighted by Crippen LogP contribution is 2.21. The highest BCUT2D eigenvalue weighted by atomic mass is 35.5. The van der Waals surface area contributed by atoms with Gasteiger partial charge in [-0.2, -0.15) is 0 Å². The summed E-state index contributed by atoms with van der Waals surface area (Å²) in [6.07, 6.45) is 0.747. The largest absolute Gasteiger partial charge is 0.373 e. The van der Waals surface area contributed by atoms with Crippen molar-refractivity contribution in [2.75, 3.05) is 13.2 Å². The Bertz CT molecular complexity index is 427. The standard InChI is InChI=1S/C13H14Cl2O2/c1-9(2)5-6-17-8-13(16)11-7-10(14)3-4-12(11)15/h3-4,7H,1,5-6,8H2,2H3. The molecule has 0 radical (unpaired) electrons. The molecule has 1 aromatic carbocycles. The van der Waals surface area contributed by atoms with Crippen molar-refractivity contribution in [3.8, 4) is 0 Å². The molecular weight excluding hydrogens is 259 g/mol. The van der Waals surface area contributed by atoms with E-state index in [0.717, 1.165) is 12.0 Å². The fourth-order valence-corrected chi connectivity index (χ4v) is 1.60. The van der Waals surface area contributed by atoms with Crippen LogP contribution < -0.4 is 0 Å². The summed E-state index contributed by atoms with van der Waals surface area (Å²) in [6.45, 7) is 6.16. The number of ketones is 1. The fraction of sp³-hybridized carbons (Fsp3) is 0.308. The molecule has 1 aromatic rings. The maximum absolute atomic E-state index is 11.8. The van der Waals surface area contributed by atoms with Gasteiger partial charge in [0.25, 0.3) is 0 Å². The molecule has 0 aliphatic rings. The Kier molecular flexibility index (Phi) is 5.69. The monoisotopic (exact) mass is 272 g/mol. The Hall–Kier alpha value is -0.830. The van der Waals surface area contributed by atoms with E-state index in [1.54, 1.807) is 18.2 Å². The predicted octanol–water partition coefficient (Wildman–Crippen LogP) is 4.16. The molecule has 17 heavy (non-hydrogen) atoms. The summed E-state index contributed by atoms with van der Waals surface area (Å²) in [4.78, 5) is 11.8. The van der Waals surface area contributed by atoms with E-state index >= 15 is 0 Å². The molecule has 0 amide bonds. The van der Waals surface area contributed by atoms with Gasteiger partial charge in [0.15, 0.2) is 5.78 Å². The molecule has 4 heteroatoms. The second kappa shape index (κ2) is 6.80. The quantitative estimate of drug-likeness (QED) is 0.442. The van der Waals surface area contributed by atoms with Crippen molar-refractivity contribution in [1.29, 1.82) is 0 Å². The summed E-state index contributed by atoms with van der Waals surface area (Å²) in [6, 6.07) is 4.79. The second-order valence-electron chi connectivity index (χ2n) is 3.81. The van der Waals surface area contributed by atoms with Crippen LogP contribution in [0.1, 0.15) is 23.7 Å². The van der Waals surface area contributed by atoms with Crippen LogP contribution in [0.3, 0.4) is 0 Å². The Morgan fingerprint density at radius 3 is 2.76 bits per heavy atom. The number of carbonyl (C=O) groups excluding carboxylic acids is 1. The van der Waals surface area contributed by atoms with Crippen molar-refractivity contribution in [1.82, 2.24) is 0 Å². The summed E-state index contributed by atoms with van der Waals surface area (Å²) in [5.41, 5.74) is 1.42. The van der Waals surface area contributed by atoms with E-state index in [4.69, 9.17) is 27.9 Å². The fourth-order valence-electron chi connectivity index (χ4n) is 1.20. The summed E-state index contributed by atoms with van der Waals surface area (Å²) < 4.78 is 5.24. The Morgan fingerprint density at radius 1 is 1.41 bits per heavy atom. The molecule has 2 nitrogen and oxygen atoms in total. The lowest BCUT2D eigenvalue weighted by Crippen LogP contribution is -2.10. The minimum atomic E-state index is -0.167. The molecular formula is C13H14Cl2O2. The average Bonchev–Trinajstić information content (AvgIpc) is 2.27. The first-order chi connectivity index (χ1) is 8.00. The van der Waals surface area contributed by atoms with Crippen LogP contribution in [0.5, 0.6) is 0 Å². The van der Waals surface area contributed by atoms with E-state index < -0.39 is 0 Å². The lowest BCUT2D eigenvalue weighted by atomic mass is 10.1. The number of hydrogen-bond acceptors (Lipinski definition) is 2. The third-order valence-electron chi connectivity index (χ3n) is 2.14. The van der Waals surface area contributed by atoms with Crippen LogP contribution >= 0.6 is 23.2 Å². The summed E-state index contributed by atoms with van der Waals surface area (Å²) in [5.74, 6) is -0.167. The van der Waals surface area contributed by atoms with Gasteiger partial charge in [-0.3, -0.25) is 4.79 Å². The summed E-state index contributed by atoms with van der Waals surface area (Å²) >= 11 is 11.7. The molecule has 1 rings (SSSR count). The zero-order valence-corrected chi connectivity index (χ0v) is 11.1. The molecule has 0 N–H and O–H groups in total. The van der Waals surface area contributed by atoms with Gasteiger partial charge in [-0.25, -0.2) is 0 Å². The topological polar surface area (TPSA) is 26.3 Å². The molecule has 0 atom stereocenters. The Balaban J connectivity index is 2.52. The minimum absolute atomic E-state index is 0.00728. The number of rotatable bonds is 6. The molecule has 0 fully saturated rings. The normalized spacial score (nSPS) is 10.3. The van der Waals surface area contributed by atoms with Gasteiger partial charge in [-0.15, -0.1) is 6.58 Å². The van der Waals surface area contributed by atoms with Crippen molar-refractivity contribution >= 4 is 29.0 Å². The molecule has 92 valence electrons. The molecule has 0 saturated heterocycles. The predicted molar refractivity (Wildman–Crippen MR) is 71.0 cm³/mol. The van der Waals surface area contributed by atoms with Gasteiger partial charge in [-0.05, 0) is 31.5 Å². The van der Waals surface area contributed by atoms with Gasteiger partial charge >= 0.3 is 0 Å². The van der Waals surface area contributed by atoms with Gasteiger partial charge in [0.05, 0.1) is 11.6 Å². The van der Waals surface area contributed by atoms with Gasteiger partial charge in [0.2, 0.25) is 0 Å². The van der Waals surface area contributed by atoms with E-state index in [9.17, 15) is 4.79 Å². The first-order valence-corrected chi connectivity index (χ1v) is 5.96. The second-order valence-corrected chi connectivity index (χ2v) is 4.65. The van der Waals surface area contributed by atoms with Crippen molar-refractivity contribution in [3.63, 3.8) is 0 Å². The molecule has 0 aromatic heterocycles. The maximum Gasteiger partial charge on any atom is 0.190 e. The summed E-state index contributed by atoms with van der Waals surface area (Å²) in [7, 11) is 0. The molecule has 0 unspecified atom stereocenters. The van der Waals surface area contributed by atoms with Gasteiger partial charge in [0, 0.05) is 10.6 Å². The van der Waals surface area contributed by atoms with Crippen LogP contribution in [-0.2, 0) is 4.74 Å². The first kappa shape index (κ1) is 14.2. The molecule has 0 saturated carbocycles. The lowest BCUT2D eigenvalue weighted by molar-refractivity contribution is 0.0765. The number of Topliss-reactive ketones (excluding diaryl/α,β-unsaturated/α-hetero) is 1. The third kappa shape index (κ3) is 4.90. The maximum atomic E-state index is 11.8. The van der Waals surface area contributed by atoms with E-state index in [1.807, 2.05) is 6.92 Å². The minimum Gasteiger partial charge on any atom is -0.373 e. The van der Waals surface area contributed by atoms with Crippen molar-refractivity contribution in [3.05, 3.63) is 46.0 Å². The van der Waals surface area contributed by atoms with Crippen LogP contribution in [0, 0.1) is 0 Å². The van der Waals surface area contributed by atoms with Crippen LogP contribution in [0.2, 0.25) is 10.0 Å². The van der Waals surface area contributed by atoms with E-state index in [2.05, 4.69) is 6.58 Å². The number of hydrogen-bond donors (Lipinski definition) is 0. The van der Waals surface area contributed by atoms with E-state index in [0.29, 0.717) is 22.2 Å². The lowest BCUT2D eigenvalue weighted by Gasteiger charge is -2.05. The van der Waals surface area contributed by atoms with Gasteiger partial charge in [0.1, 0.15) is 6.61 Å². The Morgan fingerprint density at radius 2 is 2.12 bits per heavy atom. The first-order valence-electron chi connectivity index (χ1n) is 5.21. The number of ether oxygens (including phenoxy) is 1. The van der Waals surface area contributed by atoms with Gasteiger partial charge < -0.3 is 4.74 Å². The highest BCUT2D eigenvalue weighted by Gasteiger charge is 2.10. The summed E-state index contributed by atoms with van der Waals surface area (Å²) in [5, 5.41) is 0.877. The molecule has 0 aliphatic heterocycles. The number of benzene rings is 1. The molecule has 0 spiro atoms. The smallest absolute Gasteiger partial charge is 0.190 e.